The third kappa shape index (κ3) is 2.99. The summed E-state index contributed by atoms with van der Waals surface area (Å²) in [5.41, 5.74) is -0.327. The molecule has 0 atom stereocenters. The first-order valence-electron chi connectivity index (χ1n) is 5.62. The van der Waals surface area contributed by atoms with Crippen molar-refractivity contribution in [1.29, 1.82) is 0 Å². The Kier molecular flexibility index (Phi) is 3.66. The molecule has 0 fully saturated rings. The fraction of sp³-hybridized carbons (Fsp3) is 0.417. The average molecular weight is 242 g/mol. The van der Waals surface area contributed by atoms with Crippen LogP contribution in [0.25, 0.3) is 0 Å². The molecule has 0 unspecified atom stereocenters. The summed E-state index contributed by atoms with van der Waals surface area (Å²) in [5, 5.41) is 2.62. The minimum absolute atomic E-state index is 0.327. The van der Waals surface area contributed by atoms with Gasteiger partial charge >= 0.3 is 0 Å². The number of halogens is 3. The van der Waals surface area contributed by atoms with Crippen LogP contribution in [0.15, 0.2) is 17.1 Å². The molecule has 0 saturated carbocycles. The molecule has 0 aromatic heterocycles. The Labute approximate surface area is 97.6 Å². The van der Waals surface area contributed by atoms with Gasteiger partial charge in [0.1, 0.15) is 17.3 Å². The van der Waals surface area contributed by atoms with E-state index in [1.165, 1.54) is 0 Å². The minimum atomic E-state index is -0.936. The molecular formula is C12H13F3N2. The lowest BCUT2D eigenvalue weighted by Crippen LogP contribution is -2.14. The third-order valence-corrected chi connectivity index (χ3v) is 2.65. The SMILES string of the molecule is Fc1cc(F)c(NC2=NCCCCC2)c(F)c1. The number of nitrogens with zero attached hydrogens (tertiary/aromatic N) is 1. The average Bonchev–Trinajstić information content (AvgIpc) is 2.51. The summed E-state index contributed by atoms with van der Waals surface area (Å²) in [6, 6.07) is 1.31. The van der Waals surface area contributed by atoms with Gasteiger partial charge < -0.3 is 5.32 Å². The molecule has 17 heavy (non-hydrogen) atoms. The van der Waals surface area contributed by atoms with Gasteiger partial charge in [-0.15, -0.1) is 0 Å². The lowest BCUT2D eigenvalue weighted by Gasteiger charge is -2.10. The molecule has 5 heteroatoms. The lowest BCUT2D eigenvalue weighted by atomic mass is 10.2. The molecule has 1 aliphatic heterocycles. The number of hydrogen-bond acceptors (Lipinski definition) is 2. The van der Waals surface area contributed by atoms with Gasteiger partial charge in [0, 0.05) is 25.1 Å². The highest BCUT2D eigenvalue weighted by Crippen LogP contribution is 2.21. The van der Waals surface area contributed by atoms with Crippen LogP contribution >= 0.6 is 0 Å². The Morgan fingerprint density at radius 2 is 1.71 bits per heavy atom. The highest BCUT2D eigenvalue weighted by molar-refractivity contribution is 5.95. The summed E-state index contributed by atoms with van der Waals surface area (Å²) in [6.45, 7) is 0.659. The van der Waals surface area contributed by atoms with Crippen molar-refractivity contribution in [2.24, 2.45) is 4.99 Å². The van der Waals surface area contributed by atoms with E-state index < -0.39 is 17.5 Å². The number of hydrogen-bond donors (Lipinski definition) is 1. The second kappa shape index (κ2) is 5.21. The maximum Gasteiger partial charge on any atom is 0.152 e. The number of rotatable bonds is 1. The standard InChI is InChI=1S/C12H13F3N2/c13-8-6-9(14)12(10(15)7-8)17-11-4-2-1-3-5-16-11/h6-7H,1-5H2,(H,16,17). The zero-order chi connectivity index (χ0) is 12.3. The quantitative estimate of drug-likeness (QED) is 0.801. The van der Waals surface area contributed by atoms with E-state index in [1.807, 2.05) is 0 Å². The summed E-state index contributed by atoms with van der Waals surface area (Å²) >= 11 is 0. The molecular weight excluding hydrogens is 229 g/mol. The van der Waals surface area contributed by atoms with Gasteiger partial charge in [0.2, 0.25) is 0 Å². The van der Waals surface area contributed by atoms with Crippen LogP contribution in [0.4, 0.5) is 18.9 Å². The smallest absolute Gasteiger partial charge is 0.152 e. The Bertz CT molecular complexity index is 420. The van der Waals surface area contributed by atoms with Crippen molar-refractivity contribution in [3.63, 3.8) is 0 Å². The van der Waals surface area contributed by atoms with Crippen molar-refractivity contribution in [3.8, 4) is 0 Å². The molecule has 1 aliphatic rings. The maximum absolute atomic E-state index is 13.4. The molecule has 1 aromatic carbocycles. The first kappa shape index (κ1) is 12.0. The van der Waals surface area contributed by atoms with Crippen LogP contribution < -0.4 is 5.32 Å². The fourth-order valence-corrected chi connectivity index (χ4v) is 1.78. The number of amidine groups is 1. The zero-order valence-electron chi connectivity index (χ0n) is 9.27. The van der Waals surface area contributed by atoms with E-state index in [-0.39, 0.29) is 5.69 Å². The Morgan fingerprint density at radius 1 is 1.00 bits per heavy atom. The largest absolute Gasteiger partial charge is 0.339 e. The second-order valence-corrected chi connectivity index (χ2v) is 4.01. The van der Waals surface area contributed by atoms with Crippen molar-refractivity contribution in [1.82, 2.24) is 0 Å². The molecule has 0 saturated heterocycles. The van der Waals surface area contributed by atoms with E-state index in [0.29, 0.717) is 30.9 Å². The third-order valence-electron chi connectivity index (χ3n) is 2.65. The van der Waals surface area contributed by atoms with E-state index in [1.54, 1.807) is 0 Å². The zero-order valence-corrected chi connectivity index (χ0v) is 9.27. The molecule has 0 aliphatic carbocycles. The molecule has 0 amide bonds. The maximum atomic E-state index is 13.4. The van der Waals surface area contributed by atoms with Crippen LogP contribution in [-0.4, -0.2) is 12.4 Å². The number of aliphatic imine (C=N–C) groups is 1. The van der Waals surface area contributed by atoms with Crippen molar-refractivity contribution in [2.45, 2.75) is 25.7 Å². The van der Waals surface area contributed by atoms with Gasteiger partial charge in [0.05, 0.1) is 0 Å². The molecule has 2 rings (SSSR count). The van der Waals surface area contributed by atoms with Crippen molar-refractivity contribution in [3.05, 3.63) is 29.6 Å². The first-order valence-corrected chi connectivity index (χ1v) is 5.62. The van der Waals surface area contributed by atoms with E-state index in [0.717, 1.165) is 19.3 Å². The number of anilines is 1. The van der Waals surface area contributed by atoms with Gasteiger partial charge in [-0.25, -0.2) is 13.2 Å². The summed E-state index contributed by atoms with van der Waals surface area (Å²) in [5.74, 6) is -2.23. The molecule has 92 valence electrons. The van der Waals surface area contributed by atoms with E-state index in [9.17, 15) is 13.2 Å². The fourth-order valence-electron chi connectivity index (χ4n) is 1.78. The van der Waals surface area contributed by atoms with E-state index >= 15 is 0 Å². The highest BCUT2D eigenvalue weighted by atomic mass is 19.1. The topological polar surface area (TPSA) is 24.4 Å². The summed E-state index contributed by atoms with van der Waals surface area (Å²) in [7, 11) is 0. The minimum Gasteiger partial charge on any atom is -0.339 e. The summed E-state index contributed by atoms with van der Waals surface area (Å²) < 4.78 is 39.5. The summed E-state index contributed by atoms with van der Waals surface area (Å²) in [4.78, 5) is 4.20. The van der Waals surface area contributed by atoms with Gasteiger partial charge in [0.25, 0.3) is 0 Å². The summed E-state index contributed by atoms with van der Waals surface area (Å²) in [6.07, 6.45) is 3.65. The van der Waals surface area contributed by atoms with Gasteiger partial charge in [-0.3, -0.25) is 4.99 Å². The second-order valence-electron chi connectivity index (χ2n) is 4.01. The van der Waals surface area contributed by atoms with Crippen LogP contribution in [0.3, 0.4) is 0 Å². The van der Waals surface area contributed by atoms with Crippen molar-refractivity contribution in [2.75, 3.05) is 11.9 Å². The van der Waals surface area contributed by atoms with E-state index in [4.69, 9.17) is 0 Å². The number of benzene rings is 1. The highest BCUT2D eigenvalue weighted by Gasteiger charge is 2.13. The normalized spacial score (nSPS) is 16.3. The molecule has 0 spiro atoms. The van der Waals surface area contributed by atoms with Gasteiger partial charge in [-0.2, -0.15) is 0 Å². The predicted octanol–water partition coefficient (Wildman–Crippen LogP) is 3.49. The molecule has 1 aromatic rings. The predicted molar refractivity (Wildman–Crippen MR) is 60.7 cm³/mol. The van der Waals surface area contributed by atoms with Gasteiger partial charge in [0.15, 0.2) is 11.6 Å². The van der Waals surface area contributed by atoms with E-state index in [2.05, 4.69) is 10.3 Å². The van der Waals surface area contributed by atoms with Crippen LogP contribution in [-0.2, 0) is 0 Å². The molecule has 1 N–H and O–H groups in total. The van der Waals surface area contributed by atoms with Gasteiger partial charge in [-0.05, 0) is 12.8 Å². The van der Waals surface area contributed by atoms with Crippen LogP contribution in [0, 0.1) is 17.5 Å². The Balaban J connectivity index is 2.20. The monoisotopic (exact) mass is 242 g/mol. The number of nitrogens with one attached hydrogen (secondary N) is 1. The molecule has 1 heterocycles. The van der Waals surface area contributed by atoms with Crippen LogP contribution in [0.5, 0.6) is 0 Å². The van der Waals surface area contributed by atoms with Crippen LogP contribution in [0.1, 0.15) is 25.7 Å². The van der Waals surface area contributed by atoms with Crippen LogP contribution in [0.2, 0.25) is 0 Å². The molecule has 0 bridgehead atoms. The van der Waals surface area contributed by atoms with Gasteiger partial charge in [-0.1, -0.05) is 6.42 Å². The first-order chi connectivity index (χ1) is 8.16. The van der Waals surface area contributed by atoms with Crippen molar-refractivity contribution < 1.29 is 13.2 Å². The Hall–Kier alpha value is -1.52. The van der Waals surface area contributed by atoms with Crippen molar-refractivity contribution >= 4 is 11.5 Å². The molecule has 2 nitrogen and oxygen atoms in total. The molecule has 0 radical (unpaired) electrons. The lowest BCUT2D eigenvalue weighted by molar-refractivity contribution is 0.549. The Morgan fingerprint density at radius 3 is 2.41 bits per heavy atom.